The maximum absolute atomic E-state index is 11.7. The molecule has 0 amide bonds. The molecular formula is C13H17N5O2S2. The number of aromatic nitrogens is 5. The third-order valence-corrected chi connectivity index (χ3v) is 5.13. The van der Waals surface area contributed by atoms with Gasteiger partial charge in [-0.3, -0.25) is 4.79 Å². The predicted octanol–water partition coefficient (Wildman–Crippen LogP) is 1.94. The lowest BCUT2D eigenvalue weighted by Crippen LogP contribution is -2.18. The van der Waals surface area contributed by atoms with Crippen molar-refractivity contribution in [2.45, 2.75) is 34.7 Å². The SMILES string of the molecule is CCC(Sc1nnc(CSc2ncccn2)n1C)C(=O)OC. The first-order chi connectivity index (χ1) is 10.7. The van der Waals surface area contributed by atoms with Gasteiger partial charge in [0.05, 0.1) is 12.9 Å². The molecule has 2 rings (SSSR count). The third-order valence-electron chi connectivity index (χ3n) is 2.88. The number of esters is 1. The Balaban J connectivity index is 2.01. The van der Waals surface area contributed by atoms with Crippen LogP contribution in [-0.4, -0.2) is 43.1 Å². The van der Waals surface area contributed by atoms with E-state index in [1.807, 2.05) is 18.5 Å². The smallest absolute Gasteiger partial charge is 0.319 e. The molecule has 0 radical (unpaired) electrons. The lowest BCUT2D eigenvalue weighted by atomic mass is 10.3. The van der Waals surface area contributed by atoms with Crippen molar-refractivity contribution in [2.75, 3.05) is 7.11 Å². The Bertz CT molecular complexity index is 620. The Morgan fingerprint density at radius 2 is 2.09 bits per heavy atom. The zero-order chi connectivity index (χ0) is 15.9. The molecule has 2 aromatic rings. The number of nitrogens with zero attached hydrogens (tertiary/aromatic N) is 5. The first-order valence-electron chi connectivity index (χ1n) is 6.68. The van der Waals surface area contributed by atoms with E-state index in [0.29, 0.717) is 22.5 Å². The molecule has 2 heterocycles. The molecule has 9 heteroatoms. The van der Waals surface area contributed by atoms with Gasteiger partial charge in [0.2, 0.25) is 0 Å². The van der Waals surface area contributed by atoms with Crippen molar-refractivity contribution < 1.29 is 9.53 Å². The van der Waals surface area contributed by atoms with Gasteiger partial charge in [-0.2, -0.15) is 0 Å². The van der Waals surface area contributed by atoms with Crippen molar-refractivity contribution in [3.05, 3.63) is 24.3 Å². The summed E-state index contributed by atoms with van der Waals surface area (Å²) in [6.45, 7) is 1.94. The molecule has 0 aliphatic carbocycles. The molecule has 22 heavy (non-hydrogen) atoms. The number of ether oxygens (including phenoxy) is 1. The predicted molar refractivity (Wildman–Crippen MR) is 84.5 cm³/mol. The number of carbonyl (C=O) groups excluding carboxylic acids is 1. The van der Waals surface area contributed by atoms with Crippen molar-refractivity contribution in [1.82, 2.24) is 24.7 Å². The molecule has 1 unspecified atom stereocenters. The molecule has 0 fully saturated rings. The summed E-state index contributed by atoms with van der Waals surface area (Å²) in [6, 6.07) is 1.78. The van der Waals surface area contributed by atoms with E-state index in [-0.39, 0.29) is 11.2 Å². The van der Waals surface area contributed by atoms with E-state index in [1.54, 1.807) is 18.5 Å². The molecule has 0 spiro atoms. The average Bonchev–Trinajstić information content (AvgIpc) is 2.91. The fraction of sp³-hybridized carbons (Fsp3) is 0.462. The standard InChI is InChI=1S/C13H17N5O2S2/c1-4-9(11(19)20-3)22-13-17-16-10(18(13)2)8-21-12-14-6-5-7-15-12/h5-7,9H,4,8H2,1-3H3. The molecular weight excluding hydrogens is 322 g/mol. The Morgan fingerprint density at radius 3 is 2.73 bits per heavy atom. The minimum absolute atomic E-state index is 0.246. The van der Waals surface area contributed by atoms with Crippen molar-refractivity contribution in [3.63, 3.8) is 0 Å². The van der Waals surface area contributed by atoms with Crippen LogP contribution in [0.4, 0.5) is 0 Å². The van der Waals surface area contributed by atoms with Crippen LogP contribution in [0.1, 0.15) is 19.2 Å². The van der Waals surface area contributed by atoms with Gasteiger partial charge in [-0.15, -0.1) is 10.2 Å². The summed E-state index contributed by atoms with van der Waals surface area (Å²) in [7, 11) is 3.28. The van der Waals surface area contributed by atoms with Crippen LogP contribution in [0.15, 0.2) is 28.8 Å². The summed E-state index contributed by atoms with van der Waals surface area (Å²) >= 11 is 2.85. The summed E-state index contributed by atoms with van der Waals surface area (Å²) in [6.07, 6.45) is 4.08. The minimum Gasteiger partial charge on any atom is -0.468 e. The molecule has 118 valence electrons. The monoisotopic (exact) mass is 339 g/mol. The van der Waals surface area contributed by atoms with Gasteiger partial charge in [0.1, 0.15) is 11.1 Å². The second kappa shape index (κ2) is 8.14. The van der Waals surface area contributed by atoms with Gasteiger partial charge in [-0.25, -0.2) is 9.97 Å². The molecule has 0 N–H and O–H groups in total. The van der Waals surface area contributed by atoms with Crippen LogP contribution in [0.2, 0.25) is 0 Å². The highest BCUT2D eigenvalue weighted by Crippen LogP contribution is 2.26. The van der Waals surface area contributed by atoms with Gasteiger partial charge in [0.15, 0.2) is 10.3 Å². The van der Waals surface area contributed by atoms with Gasteiger partial charge < -0.3 is 9.30 Å². The van der Waals surface area contributed by atoms with Crippen LogP contribution >= 0.6 is 23.5 Å². The quantitative estimate of drug-likeness (QED) is 0.430. The molecule has 2 aromatic heterocycles. The van der Waals surface area contributed by atoms with Crippen molar-refractivity contribution >= 4 is 29.5 Å². The summed E-state index contributed by atoms with van der Waals surface area (Å²) in [4.78, 5) is 20.0. The fourth-order valence-corrected chi connectivity index (χ4v) is 3.36. The highest BCUT2D eigenvalue weighted by molar-refractivity contribution is 8.00. The van der Waals surface area contributed by atoms with Crippen LogP contribution in [0.3, 0.4) is 0 Å². The molecule has 0 aromatic carbocycles. The van der Waals surface area contributed by atoms with Gasteiger partial charge in [-0.05, 0) is 12.5 Å². The lowest BCUT2D eigenvalue weighted by Gasteiger charge is -2.11. The van der Waals surface area contributed by atoms with Crippen molar-refractivity contribution in [1.29, 1.82) is 0 Å². The van der Waals surface area contributed by atoms with Crippen molar-refractivity contribution in [3.8, 4) is 0 Å². The first kappa shape index (κ1) is 16.8. The Morgan fingerprint density at radius 1 is 1.36 bits per heavy atom. The number of hydrogen-bond donors (Lipinski definition) is 0. The minimum atomic E-state index is -0.272. The van der Waals surface area contributed by atoms with Crippen LogP contribution in [-0.2, 0) is 22.3 Å². The highest BCUT2D eigenvalue weighted by atomic mass is 32.2. The van der Waals surface area contributed by atoms with E-state index in [0.717, 1.165) is 5.82 Å². The average molecular weight is 339 g/mol. The van der Waals surface area contributed by atoms with Crippen LogP contribution in [0.5, 0.6) is 0 Å². The number of hydrogen-bond acceptors (Lipinski definition) is 8. The van der Waals surface area contributed by atoms with E-state index in [2.05, 4.69) is 20.2 Å². The van der Waals surface area contributed by atoms with Crippen LogP contribution in [0.25, 0.3) is 0 Å². The summed E-state index contributed by atoms with van der Waals surface area (Å²) in [5.74, 6) is 1.17. The maximum atomic E-state index is 11.7. The number of rotatable bonds is 7. The molecule has 0 saturated heterocycles. The Kier molecular flexibility index (Phi) is 6.20. The van der Waals surface area contributed by atoms with E-state index in [4.69, 9.17) is 4.74 Å². The van der Waals surface area contributed by atoms with Gasteiger partial charge in [-0.1, -0.05) is 30.4 Å². The second-order valence-electron chi connectivity index (χ2n) is 4.32. The molecule has 0 aliphatic heterocycles. The molecule has 0 aliphatic rings. The Labute approximate surface area is 137 Å². The van der Waals surface area contributed by atoms with Gasteiger partial charge >= 0.3 is 5.97 Å². The topological polar surface area (TPSA) is 82.8 Å². The Hall–Kier alpha value is -1.61. The zero-order valence-electron chi connectivity index (χ0n) is 12.6. The number of carbonyl (C=O) groups is 1. The normalized spacial score (nSPS) is 12.1. The summed E-state index contributed by atoms with van der Waals surface area (Å²) < 4.78 is 6.67. The van der Waals surface area contributed by atoms with E-state index in [9.17, 15) is 4.79 Å². The van der Waals surface area contributed by atoms with Crippen LogP contribution in [0, 0.1) is 0 Å². The van der Waals surface area contributed by atoms with E-state index >= 15 is 0 Å². The van der Waals surface area contributed by atoms with Gasteiger partial charge in [0.25, 0.3) is 0 Å². The molecule has 1 atom stereocenters. The maximum Gasteiger partial charge on any atom is 0.319 e. The van der Waals surface area contributed by atoms with E-state index in [1.165, 1.54) is 30.6 Å². The zero-order valence-corrected chi connectivity index (χ0v) is 14.2. The lowest BCUT2D eigenvalue weighted by molar-refractivity contribution is -0.140. The van der Waals surface area contributed by atoms with Gasteiger partial charge in [0, 0.05) is 19.4 Å². The molecule has 0 bridgehead atoms. The molecule has 0 saturated carbocycles. The highest BCUT2D eigenvalue weighted by Gasteiger charge is 2.22. The number of methoxy groups -OCH3 is 1. The summed E-state index contributed by atoms with van der Waals surface area (Å²) in [5, 5.41) is 9.43. The van der Waals surface area contributed by atoms with E-state index < -0.39 is 0 Å². The second-order valence-corrected chi connectivity index (χ2v) is 6.43. The third kappa shape index (κ3) is 4.20. The largest absolute Gasteiger partial charge is 0.468 e. The summed E-state index contributed by atoms with van der Waals surface area (Å²) in [5.41, 5.74) is 0. The van der Waals surface area contributed by atoms with Crippen LogP contribution < -0.4 is 0 Å². The number of thioether (sulfide) groups is 2. The first-order valence-corrected chi connectivity index (χ1v) is 8.54. The molecule has 7 nitrogen and oxygen atoms in total. The fourth-order valence-electron chi connectivity index (χ4n) is 1.62. The van der Waals surface area contributed by atoms with Crippen molar-refractivity contribution in [2.24, 2.45) is 7.05 Å².